The molecule has 0 bridgehead atoms. The molecule has 1 fully saturated rings. The summed E-state index contributed by atoms with van der Waals surface area (Å²) in [5.74, 6) is 1.28. The van der Waals surface area contributed by atoms with Gasteiger partial charge >= 0.3 is 0 Å². The van der Waals surface area contributed by atoms with Gasteiger partial charge in [-0.1, -0.05) is 5.16 Å². The number of imidazole rings is 1. The van der Waals surface area contributed by atoms with Crippen molar-refractivity contribution in [3.05, 3.63) is 30.4 Å². The van der Waals surface area contributed by atoms with Gasteiger partial charge in [-0.25, -0.2) is 4.98 Å². The predicted octanol–water partition coefficient (Wildman–Crippen LogP) is 0.781. The van der Waals surface area contributed by atoms with Crippen LogP contribution in [0.5, 0.6) is 0 Å². The fourth-order valence-corrected chi connectivity index (χ4v) is 2.34. The first-order valence-electron chi connectivity index (χ1n) is 5.89. The Hall–Kier alpha value is -1.69. The predicted molar refractivity (Wildman–Crippen MR) is 60.5 cm³/mol. The summed E-state index contributed by atoms with van der Waals surface area (Å²) in [4.78, 5) is 8.27. The highest BCUT2D eigenvalue weighted by atomic mass is 16.5. The normalized spacial score (nSPS) is 17.4. The van der Waals surface area contributed by atoms with E-state index in [1.807, 2.05) is 12.5 Å². The van der Waals surface area contributed by atoms with Gasteiger partial charge in [0.2, 0.25) is 6.39 Å². The molecule has 2 aromatic heterocycles. The smallest absolute Gasteiger partial charge is 0.213 e. The molecule has 0 spiro atoms. The van der Waals surface area contributed by atoms with E-state index in [9.17, 15) is 0 Å². The van der Waals surface area contributed by atoms with E-state index >= 15 is 0 Å². The molecule has 0 atom stereocenters. The van der Waals surface area contributed by atoms with E-state index in [1.54, 1.807) is 0 Å². The van der Waals surface area contributed by atoms with Crippen LogP contribution in [0.1, 0.15) is 30.3 Å². The maximum absolute atomic E-state index is 4.74. The highest BCUT2D eigenvalue weighted by Crippen LogP contribution is 2.24. The van der Waals surface area contributed by atoms with Gasteiger partial charge in [-0.15, -0.1) is 0 Å². The molecule has 2 aromatic rings. The zero-order chi connectivity index (χ0) is 11.5. The number of rotatable bonds is 3. The highest BCUT2D eigenvalue weighted by molar-refractivity contribution is 5.09. The van der Waals surface area contributed by atoms with Gasteiger partial charge in [-0.2, -0.15) is 4.98 Å². The zero-order valence-electron chi connectivity index (χ0n) is 9.54. The first kappa shape index (κ1) is 10.5. The van der Waals surface area contributed by atoms with Crippen molar-refractivity contribution in [1.29, 1.82) is 0 Å². The standard InChI is InChI=1S/C11H15N5O/c1-3-12-4-2-9(1)10-5-13-7-16(10)6-11-14-8-17-15-11/h5,7-9,12H,1-4,6H2. The van der Waals surface area contributed by atoms with Gasteiger partial charge in [-0.05, 0) is 25.9 Å². The summed E-state index contributed by atoms with van der Waals surface area (Å²) < 4.78 is 6.86. The third-order valence-corrected chi connectivity index (χ3v) is 3.22. The van der Waals surface area contributed by atoms with Crippen molar-refractivity contribution in [2.45, 2.75) is 25.3 Å². The topological polar surface area (TPSA) is 68.8 Å². The SMILES string of the molecule is c1nc(Cn2cncc2C2CCNCC2)no1. The van der Waals surface area contributed by atoms with E-state index in [-0.39, 0.29) is 0 Å². The van der Waals surface area contributed by atoms with Gasteiger partial charge in [0.25, 0.3) is 0 Å². The molecule has 0 unspecified atom stereocenters. The molecule has 0 amide bonds. The van der Waals surface area contributed by atoms with Crippen LogP contribution < -0.4 is 5.32 Å². The van der Waals surface area contributed by atoms with E-state index in [0.29, 0.717) is 18.3 Å². The van der Waals surface area contributed by atoms with E-state index < -0.39 is 0 Å². The van der Waals surface area contributed by atoms with Crippen LogP contribution in [0.4, 0.5) is 0 Å². The Morgan fingerprint density at radius 1 is 1.41 bits per heavy atom. The largest absolute Gasteiger partial charge is 0.343 e. The molecule has 17 heavy (non-hydrogen) atoms. The van der Waals surface area contributed by atoms with Gasteiger partial charge in [0.15, 0.2) is 5.82 Å². The van der Waals surface area contributed by atoms with E-state index in [4.69, 9.17) is 4.52 Å². The lowest BCUT2D eigenvalue weighted by Crippen LogP contribution is -2.27. The Morgan fingerprint density at radius 2 is 2.29 bits per heavy atom. The molecule has 3 heterocycles. The molecule has 90 valence electrons. The Labute approximate surface area is 99.0 Å². The van der Waals surface area contributed by atoms with Crippen LogP contribution in [0.15, 0.2) is 23.4 Å². The lowest BCUT2D eigenvalue weighted by atomic mass is 9.95. The van der Waals surface area contributed by atoms with E-state index in [2.05, 4.69) is 25.0 Å². The second kappa shape index (κ2) is 4.67. The summed E-state index contributed by atoms with van der Waals surface area (Å²) in [6, 6.07) is 0. The molecule has 1 aliphatic rings. The summed E-state index contributed by atoms with van der Waals surface area (Å²) in [5.41, 5.74) is 1.27. The molecule has 1 saturated heterocycles. The highest BCUT2D eigenvalue weighted by Gasteiger charge is 2.19. The van der Waals surface area contributed by atoms with Gasteiger partial charge < -0.3 is 14.4 Å². The van der Waals surface area contributed by atoms with Crippen molar-refractivity contribution in [2.24, 2.45) is 0 Å². The lowest BCUT2D eigenvalue weighted by molar-refractivity contribution is 0.405. The maximum atomic E-state index is 4.74. The van der Waals surface area contributed by atoms with Crippen LogP contribution >= 0.6 is 0 Å². The minimum atomic E-state index is 0.589. The van der Waals surface area contributed by atoms with Gasteiger partial charge in [-0.3, -0.25) is 0 Å². The Bertz CT molecular complexity index is 458. The number of nitrogens with zero attached hydrogens (tertiary/aromatic N) is 4. The van der Waals surface area contributed by atoms with Crippen LogP contribution in [-0.2, 0) is 6.54 Å². The average molecular weight is 233 g/mol. The summed E-state index contributed by atoms with van der Waals surface area (Å²) in [6.07, 6.45) is 7.48. The average Bonchev–Trinajstić information content (AvgIpc) is 3.02. The third kappa shape index (κ3) is 2.21. The molecule has 0 saturated carbocycles. The van der Waals surface area contributed by atoms with Crippen LogP contribution in [0.25, 0.3) is 0 Å². The minimum absolute atomic E-state index is 0.589. The van der Waals surface area contributed by atoms with Crippen LogP contribution in [0.3, 0.4) is 0 Å². The van der Waals surface area contributed by atoms with Crippen LogP contribution in [0, 0.1) is 0 Å². The number of piperidine rings is 1. The molecule has 0 aliphatic carbocycles. The molecule has 3 rings (SSSR count). The third-order valence-electron chi connectivity index (χ3n) is 3.22. The fraction of sp³-hybridized carbons (Fsp3) is 0.545. The first-order chi connectivity index (χ1) is 8.43. The quantitative estimate of drug-likeness (QED) is 0.848. The second-order valence-corrected chi connectivity index (χ2v) is 4.32. The molecule has 1 N–H and O–H groups in total. The maximum Gasteiger partial charge on any atom is 0.213 e. The van der Waals surface area contributed by atoms with E-state index in [1.165, 1.54) is 12.1 Å². The van der Waals surface area contributed by atoms with Crippen molar-refractivity contribution < 1.29 is 4.52 Å². The summed E-state index contributed by atoms with van der Waals surface area (Å²) in [7, 11) is 0. The number of aromatic nitrogens is 4. The zero-order valence-corrected chi connectivity index (χ0v) is 9.54. The number of hydrogen-bond donors (Lipinski definition) is 1. The van der Waals surface area contributed by atoms with Crippen LogP contribution in [0.2, 0.25) is 0 Å². The molecular weight excluding hydrogens is 218 g/mol. The minimum Gasteiger partial charge on any atom is -0.343 e. The van der Waals surface area contributed by atoms with Crippen molar-refractivity contribution in [3.8, 4) is 0 Å². The van der Waals surface area contributed by atoms with Crippen LogP contribution in [-0.4, -0.2) is 32.8 Å². The molecule has 0 radical (unpaired) electrons. The monoisotopic (exact) mass is 233 g/mol. The van der Waals surface area contributed by atoms with Gasteiger partial charge in [0, 0.05) is 17.8 Å². The summed E-state index contributed by atoms with van der Waals surface area (Å²) in [5, 5.41) is 7.20. The van der Waals surface area contributed by atoms with Crippen molar-refractivity contribution in [3.63, 3.8) is 0 Å². The number of nitrogens with one attached hydrogen (secondary N) is 1. The second-order valence-electron chi connectivity index (χ2n) is 4.32. The molecule has 1 aliphatic heterocycles. The fourth-order valence-electron chi connectivity index (χ4n) is 2.34. The van der Waals surface area contributed by atoms with Crippen molar-refractivity contribution >= 4 is 0 Å². The Balaban J connectivity index is 1.78. The number of hydrogen-bond acceptors (Lipinski definition) is 5. The molecule has 0 aromatic carbocycles. The molecule has 6 nitrogen and oxygen atoms in total. The van der Waals surface area contributed by atoms with Crippen molar-refractivity contribution in [1.82, 2.24) is 25.0 Å². The van der Waals surface area contributed by atoms with Crippen molar-refractivity contribution in [2.75, 3.05) is 13.1 Å². The van der Waals surface area contributed by atoms with Gasteiger partial charge in [0.1, 0.15) is 0 Å². The first-order valence-corrected chi connectivity index (χ1v) is 5.89. The lowest BCUT2D eigenvalue weighted by Gasteiger charge is -2.23. The summed E-state index contributed by atoms with van der Waals surface area (Å²) in [6.45, 7) is 2.80. The summed E-state index contributed by atoms with van der Waals surface area (Å²) >= 11 is 0. The Kier molecular flexibility index (Phi) is 2.87. The van der Waals surface area contributed by atoms with Gasteiger partial charge in [0.05, 0.1) is 12.9 Å². The molecule has 6 heteroatoms. The van der Waals surface area contributed by atoms with E-state index in [0.717, 1.165) is 25.9 Å². The Morgan fingerprint density at radius 3 is 3.06 bits per heavy atom. The molecular formula is C11H15N5O.